The van der Waals surface area contributed by atoms with Crippen molar-refractivity contribution in [1.82, 2.24) is 4.98 Å². The van der Waals surface area contributed by atoms with Crippen LogP contribution in [0.1, 0.15) is 16.1 Å². The second kappa shape index (κ2) is 6.85. The molecule has 0 radical (unpaired) electrons. The summed E-state index contributed by atoms with van der Waals surface area (Å²) in [5.74, 6) is -1.12. The van der Waals surface area contributed by atoms with Crippen LogP contribution in [-0.4, -0.2) is 23.5 Å². The quantitative estimate of drug-likeness (QED) is 0.882. The van der Waals surface area contributed by atoms with E-state index in [-0.39, 0.29) is 12.3 Å². The molecule has 6 heteroatoms. The van der Waals surface area contributed by atoms with E-state index in [1.807, 2.05) is 19.1 Å². The van der Waals surface area contributed by atoms with E-state index in [1.54, 1.807) is 18.2 Å². The molecule has 0 aliphatic rings. The van der Waals surface area contributed by atoms with Crippen LogP contribution in [0, 0.1) is 6.92 Å². The van der Waals surface area contributed by atoms with Gasteiger partial charge in [0.15, 0.2) is 6.61 Å². The minimum Gasteiger partial charge on any atom is -0.451 e. The summed E-state index contributed by atoms with van der Waals surface area (Å²) in [5, 5.41) is 3.00. The third-order valence-corrected chi connectivity index (χ3v) is 2.84. The minimum absolute atomic E-state index is 0.0608. The minimum atomic E-state index is -0.698. The van der Waals surface area contributed by atoms with Crippen molar-refractivity contribution in [2.45, 2.75) is 6.92 Å². The van der Waals surface area contributed by atoms with Crippen molar-refractivity contribution in [3.05, 3.63) is 58.9 Å². The maximum atomic E-state index is 11.7. The van der Waals surface area contributed by atoms with Crippen molar-refractivity contribution in [2.75, 3.05) is 11.9 Å². The highest BCUT2D eigenvalue weighted by Crippen LogP contribution is 2.10. The first-order valence-corrected chi connectivity index (χ1v) is 6.57. The number of aromatic nitrogens is 1. The average Bonchev–Trinajstić information content (AvgIpc) is 2.47. The number of ether oxygens (including phenoxy) is 1. The van der Waals surface area contributed by atoms with E-state index in [1.165, 1.54) is 12.3 Å². The van der Waals surface area contributed by atoms with Crippen molar-refractivity contribution in [3.8, 4) is 0 Å². The van der Waals surface area contributed by atoms with E-state index < -0.39 is 11.9 Å². The number of nitrogens with zero attached hydrogens (tertiary/aromatic N) is 1. The van der Waals surface area contributed by atoms with Crippen LogP contribution in [-0.2, 0) is 9.53 Å². The molecule has 0 fully saturated rings. The highest BCUT2D eigenvalue weighted by Gasteiger charge is 2.12. The van der Waals surface area contributed by atoms with Crippen LogP contribution in [0.4, 0.5) is 5.69 Å². The number of anilines is 1. The number of hydrogen-bond donors (Lipinski definition) is 1. The van der Waals surface area contributed by atoms with E-state index in [4.69, 9.17) is 16.3 Å². The number of rotatable bonds is 4. The average molecular weight is 305 g/mol. The molecule has 5 nitrogen and oxygen atoms in total. The first-order valence-electron chi connectivity index (χ1n) is 6.20. The van der Waals surface area contributed by atoms with Crippen LogP contribution in [0.5, 0.6) is 0 Å². The molecule has 1 amide bonds. The Morgan fingerprint density at radius 3 is 2.62 bits per heavy atom. The topological polar surface area (TPSA) is 68.3 Å². The van der Waals surface area contributed by atoms with Gasteiger partial charge in [0.05, 0.1) is 0 Å². The van der Waals surface area contributed by atoms with Gasteiger partial charge in [0.1, 0.15) is 5.69 Å². The number of esters is 1. The van der Waals surface area contributed by atoms with Crippen LogP contribution >= 0.6 is 11.6 Å². The molecule has 0 aliphatic carbocycles. The number of hydrogen-bond acceptors (Lipinski definition) is 4. The lowest BCUT2D eigenvalue weighted by molar-refractivity contribution is -0.119. The summed E-state index contributed by atoms with van der Waals surface area (Å²) in [7, 11) is 0. The molecule has 0 saturated heterocycles. The van der Waals surface area contributed by atoms with Gasteiger partial charge >= 0.3 is 5.97 Å². The van der Waals surface area contributed by atoms with E-state index in [0.29, 0.717) is 10.7 Å². The first-order chi connectivity index (χ1) is 10.0. The standard InChI is InChI=1S/C15H13ClN2O3/c1-10-2-4-12(5-3-10)18-14(19)9-21-15(20)13-8-11(16)6-7-17-13/h2-8H,9H2,1H3,(H,18,19). The summed E-state index contributed by atoms with van der Waals surface area (Å²) in [4.78, 5) is 27.2. The lowest BCUT2D eigenvalue weighted by atomic mass is 10.2. The highest BCUT2D eigenvalue weighted by molar-refractivity contribution is 6.30. The number of amides is 1. The number of carbonyl (C=O) groups excluding carboxylic acids is 2. The monoisotopic (exact) mass is 304 g/mol. The van der Waals surface area contributed by atoms with Crippen LogP contribution < -0.4 is 5.32 Å². The van der Waals surface area contributed by atoms with Gasteiger partial charge in [-0.15, -0.1) is 0 Å². The van der Waals surface area contributed by atoms with Gasteiger partial charge in [-0.25, -0.2) is 9.78 Å². The fourth-order valence-corrected chi connectivity index (χ4v) is 1.72. The molecule has 0 saturated carbocycles. The zero-order valence-corrected chi connectivity index (χ0v) is 12.1. The molecule has 1 N–H and O–H groups in total. The number of aryl methyl sites for hydroxylation is 1. The second-order valence-corrected chi connectivity index (χ2v) is 4.79. The zero-order valence-electron chi connectivity index (χ0n) is 11.3. The van der Waals surface area contributed by atoms with Crippen LogP contribution in [0.25, 0.3) is 0 Å². The third-order valence-electron chi connectivity index (χ3n) is 2.60. The van der Waals surface area contributed by atoms with Gasteiger partial charge in [-0.2, -0.15) is 0 Å². The molecular weight excluding hydrogens is 292 g/mol. The summed E-state index contributed by atoms with van der Waals surface area (Å²) in [5.41, 5.74) is 1.79. The predicted octanol–water partition coefficient (Wildman–Crippen LogP) is 2.84. The van der Waals surface area contributed by atoms with Crippen molar-refractivity contribution in [1.29, 1.82) is 0 Å². The van der Waals surface area contributed by atoms with Gasteiger partial charge in [0.2, 0.25) is 0 Å². The molecule has 2 rings (SSSR count). The third kappa shape index (κ3) is 4.57. The maximum Gasteiger partial charge on any atom is 0.357 e. The Kier molecular flexibility index (Phi) is 4.90. The van der Waals surface area contributed by atoms with E-state index in [2.05, 4.69) is 10.3 Å². The van der Waals surface area contributed by atoms with Gasteiger partial charge in [-0.05, 0) is 31.2 Å². The van der Waals surface area contributed by atoms with E-state index in [9.17, 15) is 9.59 Å². The number of pyridine rings is 1. The molecule has 0 aliphatic heterocycles. The molecular formula is C15H13ClN2O3. The van der Waals surface area contributed by atoms with Gasteiger partial charge in [-0.3, -0.25) is 4.79 Å². The Balaban J connectivity index is 1.86. The van der Waals surface area contributed by atoms with Crippen molar-refractivity contribution < 1.29 is 14.3 Å². The smallest absolute Gasteiger partial charge is 0.357 e. The lowest BCUT2D eigenvalue weighted by Crippen LogP contribution is -2.21. The summed E-state index contributed by atoms with van der Waals surface area (Å²) < 4.78 is 4.87. The van der Waals surface area contributed by atoms with Crippen molar-refractivity contribution in [2.24, 2.45) is 0 Å². The number of nitrogens with one attached hydrogen (secondary N) is 1. The Hall–Kier alpha value is -2.40. The molecule has 0 unspecified atom stereocenters. The van der Waals surface area contributed by atoms with Crippen LogP contribution in [0.3, 0.4) is 0 Å². The Labute approximate surface area is 126 Å². The number of benzene rings is 1. The Bertz CT molecular complexity index is 656. The van der Waals surface area contributed by atoms with Crippen molar-refractivity contribution >= 4 is 29.2 Å². The van der Waals surface area contributed by atoms with E-state index in [0.717, 1.165) is 5.56 Å². The number of halogens is 1. The summed E-state index contributed by atoms with van der Waals surface area (Å²) in [6.45, 7) is 1.56. The largest absolute Gasteiger partial charge is 0.451 e. The first kappa shape index (κ1) is 15.0. The predicted molar refractivity (Wildman–Crippen MR) is 79.3 cm³/mol. The second-order valence-electron chi connectivity index (χ2n) is 4.35. The Morgan fingerprint density at radius 2 is 1.95 bits per heavy atom. The molecule has 0 spiro atoms. The zero-order chi connectivity index (χ0) is 15.2. The van der Waals surface area contributed by atoms with Crippen molar-refractivity contribution in [3.63, 3.8) is 0 Å². The SMILES string of the molecule is Cc1ccc(NC(=O)COC(=O)c2cc(Cl)ccn2)cc1. The molecule has 0 bridgehead atoms. The summed E-state index contributed by atoms with van der Waals surface area (Å²) in [6, 6.07) is 10.2. The summed E-state index contributed by atoms with van der Waals surface area (Å²) in [6.07, 6.45) is 1.39. The van der Waals surface area contributed by atoms with Crippen LogP contribution in [0.2, 0.25) is 5.02 Å². The normalized spacial score (nSPS) is 10.0. The van der Waals surface area contributed by atoms with Gasteiger partial charge in [0, 0.05) is 16.9 Å². The van der Waals surface area contributed by atoms with Crippen LogP contribution in [0.15, 0.2) is 42.6 Å². The molecule has 2 aromatic rings. The fourth-order valence-electron chi connectivity index (χ4n) is 1.56. The summed E-state index contributed by atoms with van der Waals surface area (Å²) >= 11 is 5.74. The molecule has 1 aromatic heterocycles. The highest BCUT2D eigenvalue weighted by atomic mass is 35.5. The van der Waals surface area contributed by atoms with Gasteiger partial charge in [-0.1, -0.05) is 29.3 Å². The lowest BCUT2D eigenvalue weighted by Gasteiger charge is -2.06. The molecule has 21 heavy (non-hydrogen) atoms. The molecule has 1 heterocycles. The molecule has 108 valence electrons. The fraction of sp³-hybridized carbons (Fsp3) is 0.133. The van der Waals surface area contributed by atoms with Gasteiger partial charge in [0.25, 0.3) is 5.91 Å². The Morgan fingerprint density at radius 1 is 1.24 bits per heavy atom. The molecule has 1 aromatic carbocycles. The number of carbonyl (C=O) groups is 2. The van der Waals surface area contributed by atoms with E-state index >= 15 is 0 Å². The maximum absolute atomic E-state index is 11.7. The van der Waals surface area contributed by atoms with Gasteiger partial charge < -0.3 is 10.1 Å². The molecule has 0 atom stereocenters.